The first kappa shape index (κ1) is 38.5. The van der Waals surface area contributed by atoms with E-state index in [0.717, 1.165) is 28.4 Å². The number of aromatic nitrogens is 5. The lowest BCUT2D eigenvalue weighted by Gasteiger charge is -2.28. The van der Waals surface area contributed by atoms with E-state index >= 15 is 0 Å². The Kier molecular flexibility index (Phi) is 8.85. The van der Waals surface area contributed by atoms with Gasteiger partial charge in [-0.3, -0.25) is 0 Å². The van der Waals surface area contributed by atoms with Crippen LogP contribution in [0.2, 0.25) is 0 Å². The van der Waals surface area contributed by atoms with E-state index in [2.05, 4.69) is 275 Å². The number of imidazole rings is 2. The molecule has 3 heterocycles. The highest BCUT2D eigenvalue weighted by Crippen LogP contribution is 2.51. The molecule has 0 bridgehead atoms. The molecule has 1 aliphatic rings. The van der Waals surface area contributed by atoms with Gasteiger partial charge in [0.1, 0.15) is 36.2 Å². The molecule has 12 rings (SSSR count). The van der Waals surface area contributed by atoms with Crippen LogP contribution in [-0.2, 0) is 19.5 Å². The van der Waals surface area contributed by atoms with Crippen molar-refractivity contribution < 1.29 is 9.13 Å². The summed E-state index contributed by atoms with van der Waals surface area (Å²) < 4.78 is 10.9. The van der Waals surface area contributed by atoms with Crippen molar-refractivity contribution in [3.05, 3.63) is 231 Å². The van der Waals surface area contributed by atoms with Crippen LogP contribution < -0.4 is 14.0 Å². The standard InChI is InChI=1S/C59H48N6/c1-59(2)55-37-49(63-34-32-61(4)40-63)24-27-51(55)52-28-25-50(38-56(52)59)64(46-20-15-42(16-21-46)41-11-7-5-8-12-41)47-22-17-43(18-23-47)44-19-29-57-53(35-44)54-36-48(62-33-31-60(3)39-62)26-30-58(54)65(57)45-13-9-6-10-14-45/h5-40H,1-4H3/q+2. The largest absolute Gasteiger partial charge is 0.310 e. The summed E-state index contributed by atoms with van der Waals surface area (Å²) in [5, 5.41) is 2.44. The first-order valence-corrected chi connectivity index (χ1v) is 22.3. The molecule has 6 nitrogen and oxygen atoms in total. The molecular weight excluding hydrogens is 793 g/mol. The number of rotatable bonds is 8. The summed E-state index contributed by atoms with van der Waals surface area (Å²) in [6.45, 7) is 4.73. The number of hydrogen-bond acceptors (Lipinski definition) is 1. The van der Waals surface area contributed by atoms with E-state index in [-0.39, 0.29) is 5.41 Å². The van der Waals surface area contributed by atoms with Crippen molar-refractivity contribution in [1.82, 2.24) is 13.7 Å². The molecule has 0 atom stereocenters. The highest BCUT2D eigenvalue weighted by atomic mass is 15.1. The van der Waals surface area contributed by atoms with Gasteiger partial charge in [0.05, 0.1) is 25.1 Å². The third kappa shape index (κ3) is 6.48. The third-order valence-corrected chi connectivity index (χ3v) is 13.5. The first-order valence-electron chi connectivity index (χ1n) is 22.3. The zero-order chi connectivity index (χ0) is 43.8. The van der Waals surface area contributed by atoms with Gasteiger partial charge in [-0.15, -0.1) is 0 Å². The molecule has 0 saturated heterocycles. The molecule has 0 saturated carbocycles. The van der Waals surface area contributed by atoms with Gasteiger partial charge in [0.2, 0.25) is 12.7 Å². The van der Waals surface area contributed by atoms with Gasteiger partial charge in [-0.05, 0) is 142 Å². The second kappa shape index (κ2) is 15.0. The van der Waals surface area contributed by atoms with Crippen molar-refractivity contribution in [1.29, 1.82) is 0 Å². The molecular formula is C59H48N6+2. The SMILES string of the molecule is C[n+]1ccn(-c2ccc3c(c2)C(C)(C)c2cc(N(c4ccc(-c5ccccc5)cc4)c4ccc(-c5ccc6c(c5)c5cc(-n7cc[n+](C)c7)ccc5n6-c5ccccc5)cc4)ccc2-3)c1. The van der Waals surface area contributed by atoms with Crippen LogP contribution in [0.4, 0.5) is 17.1 Å². The molecule has 3 aromatic heterocycles. The van der Waals surface area contributed by atoms with Crippen molar-refractivity contribution in [3.8, 4) is 50.4 Å². The lowest BCUT2D eigenvalue weighted by atomic mass is 9.82. The summed E-state index contributed by atoms with van der Waals surface area (Å²) in [7, 11) is 4.12. The van der Waals surface area contributed by atoms with Crippen molar-refractivity contribution in [3.63, 3.8) is 0 Å². The third-order valence-electron chi connectivity index (χ3n) is 13.5. The minimum Gasteiger partial charge on any atom is -0.310 e. The van der Waals surface area contributed by atoms with Crippen LogP contribution in [0.25, 0.3) is 72.2 Å². The molecule has 0 unspecified atom stereocenters. The lowest BCUT2D eigenvalue weighted by Crippen LogP contribution is -2.23. The Morgan fingerprint density at radius 3 is 1.51 bits per heavy atom. The summed E-state index contributed by atoms with van der Waals surface area (Å²) in [6.07, 6.45) is 12.6. The number of anilines is 3. The van der Waals surface area contributed by atoms with E-state index in [9.17, 15) is 0 Å². The number of hydrogen-bond donors (Lipinski definition) is 0. The van der Waals surface area contributed by atoms with Crippen LogP contribution in [0.15, 0.2) is 219 Å². The second-order valence-corrected chi connectivity index (χ2v) is 18.0. The molecule has 312 valence electrons. The number of nitrogens with zero attached hydrogens (tertiary/aromatic N) is 6. The van der Waals surface area contributed by atoms with Gasteiger partial charge in [0.25, 0.3) is 0 Å². The molecule has 0 aliphatic heterocycles. The Morgan fingerprint density at radius 1 is 0.415 bits per heavy atom. The fraction of sp³-hybridized carbons (Fsp3) is 0.0847. The molecule has 11 aromatic rings. The molecule has 0 spiro atoms. The maximum Gasteiger partial charge on any atom is 0.248 e. The van der Waals surface area contributed by atoms with E-state index in [0.29, 0.717) is 0 Å². The fourth-order valence-electron chi connectivity index (χ4n) is 10.1. The second-order valence-electron chi connectivity index (χ2n) is 18.0. The van der Waals surface area contributed by atoms with Gasteiger partial charge in [0, 0.05) is 38.9 Å². The molecule has 0 fully saturated rings. The van der Waals surface area contributed by atoms with Gasteiger partial charge in [0.15, 0.2) is 0 Å². The highest BCUT2D eigenvalue weighted by Gasteiger charge is 2.37. The van der Waals surface area contributed by atoms with Gasteiger partial charge in [-0.1, -0.05) is 98.8 Å². The molecule has 1 aliphatic carbocycles. The van der Waals surface area contributed by atoms with Crippen LogP contribution in [0, 0.1) is 0 Å². The summed E-state index contributed by atoms with van der Waals surface area (Å²) in [4.78, 5) is 2.41. The Bertz CT molecular complexity index is 3570. The normalized spacial score (nSPS) is 12.7. The minimum absolute atomic E-state index is 0.193. The van der Waals surface area contributed by atoms with Gasteiger partial charge >= 0.3 is 0 Å². The molecule has 0 radical (unpaired) electrons. The van der Waals surface area contributed by atoms with E-state index in [4.69, 9.17) is 0 Å². The Labute approximate surface area is 379 Å². The first-order chi connectivity index (χ1) is 31.8. The van der Waals surface area contributed by atoms with Gasteiger partial charge in [-0.25, -0.2) is 18.3 Å². The summed E-state index contributed by atoms with van der Waals surface area (Å²) in [5.41, 5.74) is 19.0. The van der Waals surface area contributed by atoms with Crippen LogP contribution in [0.1, 0.15) is 25.0 Å². The van der Waals surface area contributed by atoms with Crippen molar-refractivity contribution in [2.75, 3.05) is 4.90 Å². The van der Waals surface area contributed by atoms with Gasteiger partial charge in [-0.2, -0.15) is 0 Å². The Hall–Kier alpha value is -8.22. The minimum atomic E-state index is -0.193. The average Bonchev–Trinajstić information content (AvgIpc) is 4.12. The molecule has 0 N–H and O–H groups in total. The van der Waals surface area contributed by atoms with E-state index in [1.165, 1.54) is 72.0 Å². The highest BCUT2D eigenvalue weighted by molar-refractivity contribution is 6.11. The van der Waals surface area contributed by atoms with E-state index in [1.807, 2.05) is 0 Å². The predicted molar refractivity (Wildman–Crippen MR) is 265 cm³/mol. The predicted octanol–water partition coefficient (Wildman–Crippen LogP) is 13.1. The lowest BCUT2D eigenvalue weighted by molar-refractivity contribution is -0.670. The Morgan fingerprint density at radius 2 is 0.892 bits per heavy atom. The molecule has 0 amide bonds. The average molecular weight is 841 g/mol. The number of benzene rings is 8. The number of fused-ring (bicyclic) bond motifs is 6. The molecule has 6 heteroatoms. The van der Waals surface area contributed by atoms with Crippen LogP contribution in [-0.4, -0.2) is 13.7 Å². The summed E-state index contributed by atoms with van der Waals surface area (Å²) in [5.74, 6) is 0. The van der Waals surface area contributed by atoms with Crippen LogP contribution in [0.3, 0.4) is 0 Å². The van der Waals surface area contributed by atoms with Crippen LogP contribution in [0.5, 0.6) is 0 Å². The zero-order valence-corrected chi connectivity index (χ0v) is 37.0. The maximum absolute atomic E-state index is 2.42. The number of aryl methyl sites for hydroxylation is 2. The topological polar surface area (TPSA) is 25.8 Å². The Balaban J connectivity index is 0.952. The van der Waals surface area contributed by atoms with E-state index in [1.54, 1.807) is 0 Å². The smallest absolute Gasteiger partial charge is 0.248 e. The van der Waals surface area contributed by atoms with Gasteiger partial charge < -0.3 is 9.47 Å². The van der Waals surface area contributed by atoms with Crippen LogP contribution >= 0.6 is 0 Å². The van der Waals surface area contributed by atoms with Crippen molar-refractivity contribution >= 4 is 38.9 Å². The summed E-state index contributed by atoms with van der Waals surface area (Å²) in [6, 6.07) is 67.1. The maximum atomic E-state index is 2.42. The molecule has 8 aromatic carbocycles. The monoisotopic (exact) mass is 840 g/mol. The summed E-state index contributed by atoms with van der Waals surface area (Å²) >= 11 is 0. The zero-order valence-electron chi connectivity index (χ0n) is 37.0. The fourth-order valence-corrected chi connectivity index (χ4v) is 10.1. The van der Waals surface area contributed by atoms with E-state index < -0.39 is 0 Å². The molecule has 65 heavy (non-hydrogen) atoms. The number of para-hydroxylation sites is 1. The van der Waals surface area contributed by atoms with Crippen molar-refractivity contribution in [2.24, 2.45) is 14.1 Å². The van der Waals surface area contributed by atoms with Crippen molar-refractivity contribution in [2.45, 2.75) is 19.3 Å². The quantitative estimate of drug-likeness (QED) is 0.140.